The Balaban J connectivity index is 2.29. The Bertz CT molecular complexity index is 729. The molecule has 0 aliphatic heterocycles. The monoisotopic (exact) mass is 347 g/mol. The fraction of sp³-hybridized carbons (Fsp3) is 0.133. The van der Waals surface area contributed by atoms with E-state index >= 15 is 0 Å². The van der Waals surface area contributed by atoms with Crippen molar-refractivity contribution in [2.24, 2.45) is 0 Å². The number of aryl methyl sites for hydroxylation is 1. The normalized spacial score (nSPS) is 11.4. The minimum Gasteiger partial charge on any atom is -0.321 e. The largest absolute Gasteiger partial charge is 0.416 e. The lowest BCUT2D eigenvalue weighted by molar-refractivity contribution is -0.137. The molecule has 1 N–H and O–H groups in total. The second-order valence-electron chi connectivity index (χ2n) is 4.61. The van der Waals surface area contributed by atoms with Crippen molar-refractivity contribution in [2.75, 3.05) is 5.32 Å². The maximum Gasteiger partial charge on any atom is 0.416 e. The molecule has 1 amide bonds. The molecule has 0 saturated heterocycles. The van der Waals surface area contributed by atoms with Gasteiger partial charge in [-0.1, -0.05) is 29.3 Å². The molecule has 0 aliphatic rings. The van der Waals surface area contributed by atoms with Gasteiger partial charge in [-0.25, -0.2) is 0 Å². The van der Waals surface area contributed by atoms with Crippen molar-refractivity contribution < 1.29 is 18.0 Å². The highest BCUT2D eigenvalue weighted by atomic mass is 35.5. The van der Waals surface area contributed by atoms with Gasteiger partial charge in [-0.3, -0.25) is 4.79 Å². The Morgan fingerprint density at radius 3 is 2.32 bits per heavy atom. The van der Waals surface area contributed by atoms with E-state index in [4.69, 9.17) is 23.2 Å². The van der Waals surface area contributed by atoms with E-state index in [1.54, 1.807) is 13.0 Å². The summed E-state index contributed by atoms with van der Waals surface area (Å²) in [6.45, 7) is 1.77. The van der Waals surface area contributed by atoms with Crippen molar-refractivity contribution in [3.8, 4) is 0 Å². The highest BCUT2D eigenvalue weighted by Crippen LogP contribution is 2.34. The van der Waals surface area contributed by atoms with Crippen molar-refractivity contribution >= 4 is 34.8 Å². The van der Waals surface area contributed by atoms with Crippen LogP contribution in [0.5, 0.6) is 0 Å². The fourth-order valence-electron chi connectivity index (χ4n) is 1.73. The number of alkyl halides is 3. The Morgan fingerprint density at radius 2 is 1.73 bits per heavy atom. The number of anilines is 1. The topological polar surface area (TPSA) is 29.1 Å². The van der Waals surface area contributed by atoms with E-state index in [1.165, 1.54) is 12.1 Å². The highest BCUT2D eigenvalue weighted by molar-refractivity contribution is 6.34. The molecule has 0 radical (unpaired) electrons. The first-order valence-corrected chi connectivity index (χ1v) is 6.88. The second kappa shape index (κ2) is 6.18. The number of amides is 1. The third-order valence-corrected chi connectivity index (χ3v) is 3.71. The van der Waals surface area contributed by atoms with Gasteiger partial charge in [0.2, 0.25) is 0 Å². The van der Waals surface area contributed by atoms with Crippen molar-refractivity contribution in [2.45, 2.75) is 13.1 Å². The molecule has 2 aromatic carbocycles. The first kappa shape index (κ1) is 16.6. The van der Waals surface area contributed by atoms with Gasteiger partial charge in [-0.05, 0) is 42.8 Å². The average Bonchev–Trinajstić information content (AvgIpc) is 2.43. The molecule has 0 aliphatic carbocycles. The summed E-state index contributed by atoms with van der Waals surface area (Å²) in [5, 5.41) is 2.76. The van der Waals surface area contributed by atoms with Crippen LogP contribution in [0.25, 0.3) is 0 Å². The molecule has 0 atom stereocenters. The number of benzene rings is 2. The predicted molar refractivity (Wildman–Crippen MR) is 80.6 cm³/mol. The van der Waals surface area contributed by atoms with Crippen LogP contribution in [0.4, 0.5) is 18.9 Å². The summed E-state index contributed by atoms with van der Waals surface area (Å²) >= 11 is 11.7. The number of hydrogen-bond donors (Lipinski definition) is 1. The van der Waals surface area contributed by atoms with Crippen LogP contribution in [0, 0.1) is 6.92 Å². The lowest BCUT2D eigenvalue weighted by atomic mass is 10.1. The maximum atomic E-state index is 12.7. The summed E-state index contributed by atoms with van der Waals surface area (Å²) in [4.78, 5) is 12.1. The van der Waals surface area contributed by atoms with E-state index in [0.29, 0.717) is 5.02 Å². The van der Waals surface area contributed by atoms with Crippen LogP contribution in [0.2, 0.25) is 10.0 Å². The molecule has 2 aromatic rings. The molecular weight excluding hydrogens is 338 g/mol. The van der Waals surface area contributed by atoms with Crippen LogP contribution >= 0.6 is 23.2 Å². The van der Waals surface area contributed by atoms with E-state index < -0.39 is 17.6 Å². The minimum atomic E-state index is -4.52. The summed E-state index contributed by atoms with van der Waals surface area (Å²) in [7, 11) is 0. The molecule has 116 valence electrons. The fourth-order valence-corrected chi connectivity index (χ4v) is 2.07. The molecule has 22 heavy (non-hydrogen) atoms. The highest BCUT2D eigenvalue weighted by Gasteiger charge is 2.31. The second-order valence-corrected chi connectivity index (χ2v) is 5.42. The van der Waals surface area contributed by atoms with E-state index in [9.17, 15) is 18.0 Å². The number of halogens is 5. The zero-order valence-electron chi connectivity index (χ0n) is 11.3. The van der Waals surface area contributed by atoms with Crippen molar-refractivity contribution in [3.63, 3.8) is 0 Å². The number of nitrogens with one attached hydrogen (secondary N) is 1. The van der Waals surface area contributed by atoms with Crippen LogP contribution in [0.1, 0.15) is 21.5 Å². The molecule has 2 rings (SSSR count). The van der Waals surface area contributed by atoms with Crippen LogP contribution in [0.3, 0.4) is 0 Å². The average molecular weight is 348 g/mol. The number of rotatable bonds is 2. The van der Waals surface area contributed by atoms with Gasteiger partial charge in [-0.15, -0.1) is 0 Å². The third kappa shape index (κ3) is 3.72. The Morgan fingerprint density at radius 1 is 1.05 bits per heavy atom. The predicted octanol–water partition coefficient (Wildman–Crippen LogP) is 5.57. The Kier molecular flexibility index (Phi) is 4.68. The van der Waals surface area contributed by atoms with Gasteiger partial charge in [0.1, 0.15) is 0 Å². The lowest BCUT2D eigenvalue weighted by Gasteiger charge is -2.12. The van der Waals surface area contributed by atoms with Gasteiger partial charge in [0.15, 0.2) is 0 Å². The molecule has 0 fully saturated rings. The molecule has 0 bridgehead atoms. The standard InChI is InChI=1S/C15H10Cl2F3NO/c1-8-2-3-9(6-12(8)17)14(22)21-13-7-10(15(18,19)20)4-5-11(13)16/h2-7H,1H3,(H,21,22). The van der Waals surface area contributed by atoms with Crippen LogP contribution in [-0.4, -0.2) is 5.91 Å². The van der Waals surface area contributed by atoms with E-state index in [-0.39, 0.29) is 16.3 Å². The van der Waals surface area contributed by atoms with Gasteiger partial charge in [0, 0.05) is 10.6 Å². The van der Waals surface area contributed by atoms with E-state index in [0.717, 1.165) is 23.8 Å². The molecule has 0 heterocycles. The Labute approximate surface area is 134 Å². The SMILES string of the molecule is Cc1ccc(C(=O)Nc2cc(C(F)(F)F)ccc2Cl)cc1Cl. The van der Waals surface area contributed by atoms with Crippen LogP contribution in [-0.2, 0) is 6.18 Å². The quantitative estimate of drug-likeness (QED) is 0.755. The lowest BCUT2D eigenvalue weighted by Crippen LogP contribution is -2.13. The van der Waals surface area contributed by atoms with Crippen molar-refractivity contribution in [3.05, 3.63) is 63.1 Å². The summed E-state index contributed by atoms with van der Waals surface area (Å²) < 4.78 is 38.1. The zero-order valence-corrected chi connectivity index (χ0v) is 12.8. The summed E-state index contributed by atoms with van der Waals surface area (Å²) in [6.07, 6.45) is -4.52. The zero-order chi connectivity index (χ0) is 16.5. The van der Waals surface area contributed by atoms with Gasteiger partial charge >= 0.3 is 6.18 Å². The van der Waals surface area contributed by atoms with Crippen molar-refractivity contribution in [1.82, 2.24) is 0 Å². The van der Waals surface area contributed by atoms with Gasteiger partial charge in [-0.2, -0.15) is 13.2 Å². The van der Waals surface area contributed by atoms with Gasteiger partial charge in [0.25, 0.3) is 5.91 Å². The molecule has 7 heteroatoms. The first-order chi connectivity index (χ1) is 10.2. The van der Waals surface area contributed by atoms with Gasteiger partial charge < -0.3 is 5.32 Å². The maximum absolute atomic E-state index is 12.7. The number of carbonyl (C=O) groups excluding carboxylic acids is 1. The van der Waals surface area contributed by atoms with Crippen LogP contribution in [0.15, 0.2) is 36.4 Å². The third-order valence-electron chi connectivity index (χ3n) is 2.98. The van der Waals surface area contributed by atoms with Crippen LogP contribution < -0.4 is 5.32 Å². The summed E-state index contributed by atoms with van der Waals surface area (Å²) in [5.74, 6) is -0.594. The van der Waals surface area contributed by atoms with Crippen molar-refractivity contribution in [1.29, 1.82) is 0 Å². The van der Waals surface area contributed by atoms with Gasteiger partial charge in [0.05, 0.1) is 16.3 Å². The number of hydrogen-bond acceptors (Lipinski definition) is 1. The number of carbonyl (C=O) groups is 1. The minimum absolute atomic E-state index is 0.0135. The van der Waals surface area contributed by atoms with E-state index in [1.807, 2.05) is 0 Å². The molecule has 0 saturated carbocycles. The molecule has 0 aromatic heterocycles. The van der Waals surface area contributed by atoms with E-state index in [2.05, 4.69) is 5.32 Å². The first-order valence-electron chi connectivity index (χ1n) is 6.13. The summed E-state index contributed by atoms with van der Waals surface area (Å²) in [6, 6.07) is 7.33. The molecule has 2 nitrogen and oxygen atoms in total. The smallest absolute Gasteiger partial charge is 0.321 e. The molecule has 0 spiro atoms. The Hall–Kier alpha value is -1.72. The molecular formula is C15H10Cl2F3NO. The molecule has 0 unspecified atom stereocenters. The summed E-state index contributed by atoms with van der Waals surface area (Å²) in [5.41, 5.74) is 0.00623.